The normalized spacial score (nSPS) is 11.3. The zero-order valence-corrected chi connectivity index (χ0v) is 22.8. The van der Waals surface area contributed by atoms with Gasteiger partial charge in [-0.1, -0.05) is 55.5 Å². The summed E-state index contributed by atoms with van der Waals surface area (Å²) >= 11 is 0. The smallest absolute Gasteiger partial charge is 0.323 e. The van der Waals surface area contributed by atoms with Crippen molar-refractivity contribution in [3.8, 4) is 0 Å². The van der Waals surface area contributed by atoms with Crippen LogP contribution in [0.4, 0.5) is 16.2 Å². The molecule has 0 saturated carbocycles. The molecule has 0 aliphatic carbocycles. The van der Waals surface area contributed by atoms with Crippen molar-refractivity contribution in [2.75, 3.05) is 24.8 Å². The van der Waals surface area contributed by atoms with Crippen LogP contribution in [0.5, 0.6) is 0 Å². The number of nitrogens with one attached hydrogen (secondary N) is 2. The van der Waals surface area contributed by atoms with Gasteiger partial charge >= 0.3 is 12.0 Å². The number of rotatable bonds is 11. The molecular formula is C31H35N3O5. The van der Waals surface area contributed by atoms with Gasteiger partial charge in [0, 0.05) is 24.8 Å². The molecule has 0 heterocycles. The number of nitrogens with zero attached hydrogens (tertiary/aromatic N) is 1. The lowest BCUT2D eigenvalue weighted by Gasteiger charge is -2.19. The molecule has 1 atom stereocenters. The second-order valence-electron chi connectivity index (χ2n) is 9.51. The lowest BCUT2D eigenvalue weighted by Crippen LogP contribution is -2.28. The van der Waals surface area contributed by atoms with E-state index in [-0.39, 0.29) is 29.8 Å². The average molecular weight is 530 g/mol. The number of methoxy groups -OCH3 is 1. The Balaban J connectivity index is 1.61. The minimum Gasteiger partial charge on any atom is -0.469 e. The van der Waals surface area contributed by atoms with Gasteiger partial charge in [-0.25, -0.2) is 4.79 Å². The Hall–Kier alpha value is -4.46. The molecule has 3 amide bonds. The van der Waals surface area contributed by atoms with Crippen LogP contribution >= 0.6 is 0 Å². The molecule has 0 spiro atoms. The zero-order chi connectivity index (χ0) is 28.4. The maximum atomic E-state index is 12.9. The van der Waals surface area contributed by atoms with Crippen LogP contribution in [0.2, 0.25) is 0 Å². The molecule has 8 heteroatoms. The molecule has 204 valence electrons. The number of likely N-dealkylation sites (N-methyl/N-ethyl adjacent to an activating group) is 1. The fourth-order valence-electron chi connectivity index (χ4n) is 4.29. The fraction of sp³-hybridized carbons (Fsp3) is 0.290. The third kappa shape index (κ3) is 8.26. The summed E-state index contributed by atoms with van der Waals surface area (Å²) in [5, 5.41) is 5.47. The first-order valence-corrected chi connectivity index (χ1v) is 12.8. The van der Waals surface area contributed by atoms with E-state index in [4.69, 9.17) is 4.74 Å². The summed E-state index contributed by atoms with van der Waals surface area (Å²) in [5.74, 6) is -0.545. The average Bonchev–Trinajstić information content (AvgIpc) is 2.93. The third-order valence-electron chi connectivity index (χ3n) is 6.59. The lowest BCUT2D eigenvalue weighted by molar-refractivity contribution is -0.145. The highest BCUT2D eigenvalue weighted by atomic mass is 16.5. The van der Waals surface area contributed by atoms with Crippen molar-refractivity contribution >= 4 is 35.6 Å². The van der Waals surface area contributed by atoms with Gasteiger partial charge in [-0.2, -0.15) is 0 Å². The Morgan fingerprint density at radius 3 is 2.33 bits per heavy atom. The van der Waals surface area contributed by atoms with E-state index in [0.717, 1.165) is 16.7 Å². The Morgan fingerprint density at radius 2 is 1.64 bits per heavy atom. The van der Waals surface area contributed by atoms with E-state index >= 15 is 0 Å². The minimum absolute atomic E-state index is 0.104. The molecule has 8 nitrogen and oxygen atoms in total. The Morgan fingerprint density at radius 1 is 0.923 bits per heavy atom. The van der Waals surface area contributed by atoms with E-state index in [2.05, 4.69) is 10.6 Å². The summed E-state index contributed by atoms with van der Waals surface area (Å²) in [6, 6.07) is 19.7. The maximum absolute atomic E-state index is 12.9. The van der Waals surface area contributed by atoms with Gasteiger partial charge in [0.25, 0.3) is 0 Å². The van der Waals surface area contributed by atoms with Crippen molar-refractivity contribution in [2.24, 2.45) is 5.92 Å². The summed E-state index contributed by atoms with van der Waals surface area (Å²) in [6.07, 6.45) is 2.02. The number of urea groups is 1. The fourth-order valence-corrected chi connectivity index (χ4v) is 4.29. The van der Waals surface area contributed by atoms with E-state index in [1.807, 2.05) is 56.3 Å². The van der Waals surface area contributed by atoms with Gasteiger partial charge in [0.1, 0.15) is 0 Å². The van der Waals surface area contributed by atoms with Gasteiger partial charge in [0.15, 0.2) is 6.29 Å². The summed E-state index contributed by atoms with van der Waals surface area (Å²) in [5.41, 5.74) is 4.86. The molecule has 0 aliphatic heterocycles. The van der Waals surface area contributed by atoms with Crippen LogP contribution in [0.1, 0.15) is 46.0 Å². The number of ether oxygens (including phenoxy) is 1. The van der Waals surface area contributed by atoms with Crippen LogP contribution in [0.15, 0.2) is 66.7 Å². The highest BCUT2D eigenvalue weighted by Gasteiger charge is 2.18. The standard InChI is InChI=1S/C31H35N3O5/c1-5-25(30(37)39-4)16-22-10-8-11-24(15-22)19-34(3)29(36)18-23-13-14-28(26(17-23)20-35)33-31(38)32-27-12-7-6-9-21(27)2/h6-15,17,20,25H,5,16,18-19H2,1-4H3,(H2,32,33,38). The van der Waals surface area contributed by atoms with E-state index < -0.39 is 6.03 Å². The molecule has 0 fully saturated rings. The number of hydrogen-bond acceptors (Lipinski definition) is 5. The van der Waals surface area contributed by atoms with Crippen molar-refractivity contribution in [3.63, 3.8) is 0 Å². The Kier molecular flexibility index (Phi) is 10.4. The number of benzene rings is 3. The number of aldehydes is 1. The zero-order valence-electron chi connectivity index (χ0n) is 22.8. The summed E-state index contributed by atoms with van der Waals surface area (Å²) in [4.78, 5) is 50.7. The molecule has 0 saturated heterocycles. The first-order valence-electron chi connectivity index (χ1n) is 12.8. The van der Waals surface area contributed by atoms with E-state index in [1.165, 1.54) is 7.11 Å². The quantitative estimate of drug-likeness (QED) is 0.256. The Bertz CT molecular complexity index is 1340. The van der Waals surface area contributed by atoms with Crippen LogP contribution < -0.4 is 10.6 Å². The van der Waals surface area contributed by atoms with Crippen molar-refractivity contribution in [3.05, 3.63) is 94.5 Å². The van der Waals surface area contributed by atoms with Gasteiger partial charge < -0.3 is 20.3 Å². The third-order valence-corrected chi connectivity index (χ3v) is 6.59. The van der Waals surface area contributed by atoms with Crippen LogP contribution in [-0.4, -0.2) is 43.3 Å². The van der Waals surface area contributed by atoms with Crippen LogP contribution in [0.3, 0.4) is 0 Å². The largest absolute Gasteiger partial charge is 0.469 e. The highest BCUT2D eigenvalue weighted by Crippen LogP contribution is 2.20. The molecule has 3 aromatic rings. The summed E-state index contributed by atoms with van der Waals surface area (Å²) in [6.45, 7) is 4.25. The number of hydrogen-bond donors (Lipinski definition) is 2. The van der Waals surface area contributed by atoms with Gasteiger partial charge in [-0.3, -0.25) is 14.4 Å². The van der Waals surface area contributed by atoms with Crippen molar-refractivity contribution < 1.29 is 23.9 Å². The van der Waals surface area contributed by atoms with Crippen LogP contribution in [-0.2, 0) is 33.7 Å². The maximum Gasteiger partial charge on any atom is 0.323 e. The molecule has 3 rings (SSSR count). The lowest BCUT2D eigenvalue weighted by atomic mass is 9.96. The van der Waals surface area contributed by atoms with Gasteiger partial charge in [-0.05, 0) is 60.2 Å². The van der Waals surface area contributed by atoms with Crippen LogP contribution in [0, 0.1) is 12.8 Å². The molecule has 2 N–H and O–H groups in total. The van der Waals surface area contributed by atoms with Crippen LogP contribution in [0.25, 0.3) is 0 Å². The highest BCUT2D eigenvalue weighted by molar-refractivity contribution is 6.03. The number of aryl methyl sites for hydroxylation is 1. The summed E-state index contributed by atoms with van der Waals surface area (Å²) < 4.78 is 4.89. The predicted molar refractivity (Wildman–Crippen MR) is 152 cm³/mol. The first-order chi connectivity index (χ1) is 18.7. The number of carbonyl (C=O) groups is 4. The number of carbonyl (C=O) groups excluding carboxylic acids is 4. The summed E-state index contributed by atoms with van der Waals surface area (Å²) in [7, 11) is 3.12. The molecule has 39 heavy (non-hydrogen) atoms. The van der Waals surface area contributed by atoms with Gasteiger partial charge in [0.2, 0.25) is 5.91 Å². The first kappa shape index (κ1) is 29.1. The molecule has 1 unspecified atom stereocenters. The topological polar surface area (TPSA) is 105 Å². The monoisotopic (exact) mass is 529 g/mol. The van der Waals surface area contributed by atoms with Gasteiger partial charge in [0.05, 0.1) is 25.1 Å². The molecule has 0 aliphatic rings. The SMILES string of the molecule is CCC(Cc1cccc(CN(C)C(=O)Cc2ccc(NC(=O)Nc3ccccc3C)c(C=O)c2)c1)C(=O)OC. The van der Waals surface area contributed by atoms with E-state index in [9.17, 15) is 19.2 Å². The molecule has 0 radical (unpaired) electrons. The molecule has 0 aromatic heterocycles. The molecule has 0 bridgehead atoms. The van der Waals surface area contributed by atoms with Gasteiger partial charge in [-0.15, -0.1) is 0 Å². The van der Waals surface area contributed by atoms with E-state index in [0.29, 0.717) is 42.6 Å². The predicted octanol–water partition coefficient (Wildman–Crippen LogP) is 5.39. The van der Waals surface area contributed by atoms with Crippen molar-refractivity contribution in [1.82, 2.24) is 4.90 Å². The number of para-hydroxylation sites is 1. The minimum atomic E-state index is -0.463. The number of amides is 3. The second kappa shape index (κ2) is 13.9. The number of esters is 1. The molecular weight excluding hydrogens is 494 g/mol. The molecule has 3 aromatic carbocycles. The second-order valence-corrected chi connectivity index (χ2v) is 9.51. The number of anilines is 2. The van der Waals surface area contributed by atoms with E-state index in [1.54, 1.807) is 36.2 Å². The van der Waals surface area contributed by atoms with Crippen molar-refractivity contribution in [2.45, 2.75) is 39.7 Å². The van der Waals surface area contributed by atoms with Crippen molar-refractivity contribution in [1.29, 1.82) is 0 Å². The Labute approximate surface area is 229 Å².